The Morgan fingerprint density at radius 3 is 2.73 bits per heavy atom. The largest absolute Gasteiger partial charge is 0.390 e. The van der Waals surface area contributed by atoms with E-state index in [4.69, 9.17) is 0 Å². The molecule has 120 valence electrons. The monoisotopic (exact) mass is 309 g/mol. The van der Waals surface area contributed by atoms with Crippen LogP contribution in [0.5, 0.6) is 0 Å². The fourth-order valence-electron chi connectivity index (χ4n) is 3.26. The highest BCUT2D eigenvalue weighted by molar-refractivity contribution is 5.95. The van der Waals surface area contributed by atoms with Crippen LogP contribution in [0.1, 0.15) is 52.7 Å². The lowest BCUT2D eigenvalue weighted by molar-refractivity contribution is 0.00796. The molecule has 1 N–H and O–H groups in total. The first-order chi connectivity index (χ1) is 10.5. The molecule has 22 heavy (non-hydrogen) atoms. The van der Waals surface area contributed by atoms with Crippen molar-refractivity contribution in [2.75, 3.05) is 13.1 Å². The van der Waals surface area contributed by atoms with Gasteiger partial charge in [0, 0.05) is 19.0 Å². The number of hydrogen-bond acceptors (Lipinski definition) is 4. The third-order valence-corrected chi connectivity index (χ3v) is 4.48. The van der Waals surface area contributed by atoms with E-state index in [9.17, 15) is 19.1 Å². The van der Waals surface area contributed by atoms with Crippen LogP contribution in [0.25, 0.3) is 0 Å². The maximum Gasteiger partial charge on any atom is 0.274 e. The molecular formula is C15H20FN3O3. The van der Waals surface area contributed by atoms with Crippen molar-refractivity contribution in [1.29, 1.82) is 0 Å². The summed E-state index contributed by atoms with van der Waals surface area (Å²) in [6.07, 6.45) is 1.18. The van der Waals surface area contributed by atoms with Crippen molar-refractivity contribution in [2.45, 2.75) is 51.3 Å². The first-order valence-electron chi connectivity index (χ1n) is 7.72. The van der Waals surface area contributed by atoms with Gasteiger partial charge in [-0.25, -0.2) is 9.07 Å². The predicted molar refractivity (Wildman–Crippen MR) is 76.6 cm³/mol. The standard InChI is InChI=1S/C15H20FN3O3/c1-9(20)19-12-5-3-2-4-10(12)14(17-19)15(22)18-7-6-13(21)11(16)8-18/h11,13,21H,2-8H2,1H3/t11-,13+/m0/s1. The Hall–Kier alpha value is -1.76. The Labute approximate surface area is 127 Å². The van der Waals surface area contributed by atoms with Crippen LogP contribution < -0.4 is 0 Å². The van der Waals surface area contributed by atoms with Crippen molar-refractivity contribution in [2.24, 2.45) is 0 Å². The van der Waals surface area contributed by atoms with E-state index in [0.29, 0.717) is 6.54 Å². The van der Waals surface area contributed by atoms with Crippen LogP contribution in [0.4, 0.5) is 4.39 Å². The second-order valence-electron chi connectivity index (χ2n) is 6.03. The molecule has 3 rings (SSSR count). The highest BCUT2D eigenvalue weighted by atomic mass is 19.1. The lowest BCUT2D eigenvalue weighted by Gasteiger charge is -2.32. The van der Waals surface area contributed by atoms with Crippen molar-refractivity contribution < 1.29 is 19.1 Å². The van der Waals surface area contributed by atoms with E-state index in [2.05, 4.69) is 5.10 Å². The number of rotatable bonds is 1. The molecule has 0 bridgehead atoms. The third-order valence-electron chi connectivity index (χ3n) is 4.48. The maximum absolute atomic E-state index is 13.7. The zero-order chi connectivity index (χ0) is 15.9. The molecule has 0 radical (unpaired) electrons. The van der Waals surface area contributed by atoms with Crippen LogP contribution >= 0.6 is 0 Å². The fraction of sp³-hybridized carbons (Fsp3) is 0.667. The van der Waals surface area contributed by atoms with Crippen molar-refractivity contribution in [3.05, 3.63) is 17.0 Å². The van der Waals surface area contributed by atoms with Gasteiger partial charge in [0.1, 0.15) is 6.17 Å². The fourth-order valence-corrected chi connectivity index (χ4v) is 3.26. The van der Waals surface area contributed by atoms with Crippen LogP contribution in [-0.4, -0.2) is 57.0 Å². The predicted octanol–water partition coefficient (Wildman–Crippen LogP) is 0.967. The molecule has 1 fully saturated rings. The van der Waals surface area contributed by atoms with Gasteiger partial charge in [0.15, 0.2) is 5.69 Å². The van der Waals surface area contributed by atoms with E-state index in [1.54, 1.807) is 0 Å². The normalized spacial score (nSPS) is 25.0. The number of carbonyl (C=O) groups excluding carboxylic acids is 2. The minimum absolute atomic E-state index is 0.123. The van der Waals surface area contributed by atoms with E-state index in [-0.39, 0.29) is 30.5 Å². The van der Waals surface area contributed by atoms with Gasteiger partial charge in [-0.2, -0.15) is 5.10 Å². The van der Waals surface area contributed by atoms with Crippen LogP contribution in [0.2, 0.25) is 0 Å². The quantitative estimate of drug-likeness (QED) is 0.838. The van der Waals surface area contributed by atoms with Gasteiger partial charge in [0.2, 0.25) is 5.91 Å². The Balaban J connectivity index is 1.91. The molecule has 0 spiro atoms. The van der Waals surface area contributed by atoms with Gasteiger partial charge >= 0.3 is 0 Å². The molecule has 6 nitrogen and oxygen atoms in total. The summed E-state index contributed by atoms with van der Waals surface area (Å²) in [4.78, 5) is 25.7. The molecular weight excluding hydrogens is 289 g/mol. The molecule has 2 atom stereocenters. The number of carbonyl (C=O) groups is 2. The molecule has 1 amide bonds. The first kappa shape index (κ1) is 15.1. The molecule has 1 aromatic heterocycles. The van der Waals surface area contributed by atoms with Crippen molar-refractivity contribution in [3.63, 3.8) is 0 Å². The topological polar surface area (TPSA) is 75.4 Å². The zero-order valence-corrected chi connectivity index (χ0v) is 12.6. The lowest BCUT2D eigenvalue weighted by Crippen LogP contribution is -2.47. The highest BCUT2D eigenvalue weighted by Crippen LogP contribution is 2.26. The molecule has 2 aliphatic rings. The molecule has 1 saturated heterocycles. The van der Waals surface area contributed by atoms with Crippen molar-refractivity contribution in [3.8, 4) is 0 Å². The van der Waals surface area contributed by atoms with Gasteiger partial charge in [-0.3, -0.25) is 9.59 Å². The number of piperidine rings is 1. The van der Waals surface area contributed by atoms with E-state index in [0.717, 1.165) is 36.9 Å². The summed E-state index contributed by atoms with van der Waals surface area (Å²) in [6, 6.07) is 0. The SMILES string of the molecule is CC(=O)n1nc(C(=O)N2CC[C@@H](O)[C@@H](F)C2)c2c1CCCC2. The molecule has 1 aliphatic carbocycles. The maximum atomic E-state index is 13.7. The summed E-state index contributed by atoms with van der Waals surface area (Å²) >= 11 is 0. The number of hydrogen-bond donors (Lipinski definition) is 1. The van der Waals surface area contributed by atoms with Crippen LogP contribution in [-0.2, 0) is 12.8 Å². The summed E-state index contributed by atoms with van der Waals surface area (Å²) < 4.78 is 15.0. The van der Waals surface area contributed by atoms with Gasteiger partial charge in [-0.1, -0.05) is 0 Å². The number of alkyl halides is 1. The summed E-state index contributed by atoms with van der Waals surface area (Å²) in [5.41, 5.74) is 1.91. The van der Waals surface area contributed by atoms with Crippen LogP contribution in [0.15, 0.2) is 0 Å². The number of aromatic nitrogens is 2. The van der Waals surface area contributed by atoms with Gasteiger partial charge in [0.25, 0.3) is 5.91 Å². The molecule has 1 aliphatic heterocycles. The average molecular weight is 309 g/mol. The zero-order valence-electron chi connectivity index (χ0n) is 12.6. The smallest absolute Gasteiger partial charge is 0.274 e. The molecule has 0 saturated carbocycles. The third kappa shape index (κ3) is 2.54. The minimum Gasteiger partial charge on any atom is -0.390 e. The number of aliphatic hydroxyl groups is 1. The number of likely N-dealkylation sites (tertiary alicyclic amines) is 1. The summed E-state index contributed by atoms with van der Waals surface area (Å²) in [7, 11) is 0. The summed E-state index contributed by atoms with van der Waals surface area (Å²) in [6.45, 7) is 1.61. The summed E-state index contributed by atoms with van der Waals surface area (Å²) in [5, 5.41) is 13.6. The molecule has 0 aromatic carbocycles. The molecule has 1 aromatic rings. The van der Waals surface area contributed by atoms with Crippen molar-refractivity contribution >= 4 is 11.8 Å². The van der Waals surface area contributed by atoms with Gasteiger partial charge in [-0.05, 0) is 32.1 Å². The van der Waals surface area contributed by atoms with Crippen LogP contribution in [0.3, 0.4) is 0 Å². The Kier molecular flexibility index (Phi) is 3.99. The van der Waals surface area contributed by atoms with E-state index in [1.807, 2.05) is 0 Å². The number of fused-ring (bicyclic) bond motifs is 1. The van der Waals surface area contributed by atoms with E-state index < -0.39 is 12.3 Å². The first-order valence-corrected chi connectivity index (χ1v) is 7.72. The minimum atomic E-state index is -1.43. The van der Waals surface area contributed by atoms with Gasteiger partial charge in [-0.15, -0.1) is 0 Å². The lowest BCUT2D eigenvalue weighted by atomic mass is 9.95. The second-order valence-corrected chi connectivity index (χ2v) is 6.03. The molecule has 2 heterocycles. The Bertz CT molecular complexity index is 613. The van der Waals surface area contributed by atoms with Gasteiger partial charge < -0.3 is 10.0 Å². The summed E-state index contributed by atoms with van der Waals surface area (Å²) in [5.74, 6) is -0.553. The molecule has 7 heteroatoms. The van der Waals surface area contributed by atoms with E-state index >= 15 is 0 Å². The number of nitrogens with zero attached hydrogens (tertiary/aromatic N) is 3. The van der Waals surface area contributed by atoms with Crippen LogP contribution in [0, 0.1) is 0 Å². The number of aliphatic hydroxyl groups excluding tert-OH is 1. The number of amides is 1. The number of halogens is 1. The molecule has 0 unspecified atom stereocenters. The van der Waals surface area contributed by atoms with Crippen molar-refractivity contribution in [1.82, 2.24) is 14.7 Å². The van der Waals surface area contributed by atoms with Gasteiger partial charge in [0.05, 0.1) is 18.3 Å². The Morgan fingerprint density at radius 2 is 2.05 bits per heavy atom. The Morgan fingerprint density at radius 1 is 1.32 bits per heavy atom. The average Bonchev–Trinajstić information content (AvgIpc) is 2.89. The second kappa shape index (κ2) is 5.79. The van der Waals surface area contributed by atoms with E-state index in [1.165, 1.54) is 16.5 Å². The highest BCUT2D eigenvalue weighted by Gasteiger charge is 2.34.